The maximum Gasteiger partial charge on any atom is 0.298 e. The first kappa shape index (κ1) is 16.9. The number of hydrogen-bond acceptors (Lipinski definition) is 3. The van der Waals surface area contributed by atoms with E-state index in [4.69, 9.17) is 9.47 Å². The van der Waals surface area contributed by atoms with Crippen LogP contribution in [0.4, 0.5) is 8.78 Å². The van der Waals surface area contributed by atoms with E-state index in [0.717, 1.165) is 0 Å². The molecule has 0 saturated heterocycles. The third kappa shape index (κ3) is 3.31. The number of hydrogen-bond donors (Lipinski definition) is 0. The SMILES string of the molecule is COc1ccc(C(F)(F)c2ccc(OC)c(-c3ccccn3)c2)cc1. The van der Waals surface area contributed by atoms with Crippen LogP contribution in [0.25, 0.3) is 11.3 Å². The molecule has 5 heteroatoms. The third-order valence-corrected chi connectivity index (χ3v) is 3.96. The van der Waals surface area contributed by atoms with Crippen LogP contribution in [0.2, 0.25) is 0 Å². The van der Waals surface area contributed by atoms with Gasteiger partial charge < -0.3 is 9.47 Å². The predicted molar refractivity (Wildman–Crippen MR) is 92.2 cm³/mol. The molecule has 3 rings (SSSR count). The number of rotatable bonds is 5. The molecule has 0 aliphatic heterocycles. The fourth-order valence-electron chi connectivity index (χ4n) is 2.59. The standard InChI is InChI=1S/C20H17F2NO2/c1-24-16-9-6-14(7-10-16)20(21,22)15-8-11-19(25-2)17(13-15)18-5-3-4-12-23-18/h3-13H,1-2H3. The Morgan fingerprint density at radius 2 is 1.56 bits per heavy atom. The molecule has 0 amide bonds. The maximum absolute atomic E-state index is 15.0. The van der Waals surface area contributed by atoms with Gasteiger partial charge in [0.1, 0.15) is 11.5 Å². The molecule has 0 radical (unpaired) electrons. The zero-order valence-corrected chi connectivity index (χ0v) is 13.9. The van der Waals surface area contributed by atoms with Gasteiger partial charge in [0.15, 0.2) is 0 Å². The fourth-order valence-corrected chi connectivity index (χ4v) is 2.59. The van der Waals surface area contributed by atoms with Gasteiger partial charge in [0.05, 0.1) is 19.9 Å². The molecular weight excluding hydrogens is 324 g/mol. The van der Waals surface area contributed by atoms with Gasteiger partial charge in [-0.25, -0.2) is 0 Å². The molecule has 0 atom stereocenters. The van der Waals surface area contributed by atoms with Gasteiger partial charge in [-0.2, -0.15) is 8.78 Å². The Kier molecular flexibility index (Phi) is 4.65. The van der Waals surface area contributed by atoms with E-state index in [9.17, 15) is 8.78 Å². The van der Waals surface area contributed by atoms with Crippen LogP contribution in [0.1, 0.15) is 11.1 Å². The normalized spacial score (nSPS) is 11.2. The second-order valence-electron chi connectivity index (χ2n) is 5.43. The summed E-state index contributed by atoms with van der Waals surface area (Å²) in [7, 11) is 3.00. The summed E-state index contributed by atoms with van der Waals surface area (Å²) in [5, 5.41) is 0. The molecule has 0 spiro atoms. The predicted octanol–water partition coefficient (Wildman–Crippen LogP) is 4.91. The number of alkyl halides is 2. The molecule has 1 heterocycles. The van der Waals surface area contributed by atoms with E-state index in [1.807, 2.05) is 0 Å². The summed E-state index contributed by atoms with van der Waals surface area (Å²) < 4.78 is 40.2. The topological polar surface area (TPSA) is 31.4 Å². The minimum atomic E-state index is -3.15. The van der Waals surface area contributed by atoms with Crippen LogP contribution >= 0.6 is 0 Å². The third-order valence-electron chi connectivity index (χ3n) is 3.96. The van der Waals surface area contributed by atoms with E-state index < -0.39 is 5.92 Å². The van der Waals surface area contributed by atoms with Crippen LogP contribution in [0, 0.1) is 0 Å². The highest BCUT2D eigenvalue weighted by molar-refractivity contribution is 5.68. The summed E-state index contributed by atoms with van der Waals surface area (Å²) in [6.45, 7) is 0. The van der Waals surface area contributed by atoms with E-state index in [2.05, 4.69) is 4.98 Å². The number of methoxy groups -OCH3 is 2. The molecule has 2 aromatic carbocycles. The highest BCUT2D eigenvalue weighted by Crippen LogP contribution is 2.40. The summed E-state index contributed by atoms with van der Waals surface area (Å²) in [6.07, 6.45) is 1.61. The minimum Gasteiger partial charge on any atom is -0.497 e. The Bertz CT molecular complexity index is 849. The van der Waals surface area contributed by atoms with Gasteiger partial charge in [-0.05, 0) is 54.6 Å². The first-order valence-corrected chi connectivity index (χ1v) is 7.68. The first-order valence-electron chi connectivity index (χ1n) is 7.68. The lowest BCUT2D eigenvalue weighted by Crippen LogP contribution is -2.15. The van der Waals surface area contributed by atoms with Crippen molar-refractivity contribution in [2.75, 3.05) is 14.2 Å². The number of halogens is 2. The molecule has 0 aliphatic rings. The van der Waals surface area contributed by atoms with Crippen LogP contribution < -0.4 is 9.47 Å². The van der Waals surface area contributed by atoms with Crippen molar-refractivity contribution in [2.24, 2.45) is 0 Å². The van der Waals surface area contributed by atoms with Crippen LogP contribution in [0.15, 0.2) is 66.9 Å². The Morgan fingerprint density at radius 1 is 0.840 bits per heavy atom. The summed E-state index contributed by atoms with van der Waals surface area (Å²) in [5.41, 5.74) is 0.866. The van der Waals surface area contributed by atoms with E-state index in [1.165, 1.54) is 56.7 Å². The van der Waals surface area contributed by atoms with Gasteiger partial charge in [0, 0.05) is 22.9 Å². The van der Waals surface area contributed by atoms with Crippen LogP contribution in [0.3, 0.4) is 0 Å². The van der Waals surface area contributed by atoms with Crippen molar-refractivity contribution < 1.29 is 18.3 Å². The highest BCUT2D eigenvalue weighted by Gasteiger charge is 2.34. The van der Waals surface area contributed by atoms with Gasteiger partial charge in [-0.15, -0.1) is 0 Å². The number of ether oxygens (including phenoxy) is 2. The Labute approximate surface area is 144 Å². The molecule has 25 heavy (non-hydrogen) atoms. The van der Waals surface area contributed by atoms with Crippen molar-refractivity contribution in [3.63, 3.8) is 0 Å². The molecule has 3 nitrogen and oxygen atoms in total. The number of aromatic nitrogens is 1. The monoisotopic (exact) mass is 341 g/mol. The van der Waals surface area contributed by atoms with Crippen LogP contribution in [-0.2, 0) is 5.92 Å². The van der Waals surface area contributed by atoms with Crippen molar-refractivity contribution in [1.29, 1.82) is 0 Å². The molecule has 0 unspecified atom stereocenters. The molecule has 128 valence electrons. The van der Waals surface area contributed by atoms with Crippen molar-refractivity contribution in [1.82, 2.24) is 4.98 Å². The summed E-state index contributed by atoms with van der Waals surface area (Å²) in [5.74, 6) is -2.13. The fraction of sp³-hybridized carbons (Fsp3) is 0.150. The first-order chi connectivity index (χ1) is 12.1. The Balaban J connectivity index is 2.07. The quantitative estimate of drug-likeness (QED) is 0.661. The average molecular weight is 341 g/mol. The lowest BCUT2D eigenvalue weighted by atomic mass is 9.97. The van der Waals surface area contributed by atoms with Crippen molar-refractivity contribution in [3.05, 3.63) is 78.0 Å². The zero-order valence-electron chi connectivity index (χ0n) is 13.9. The Hall–Kier alpha value is -2.95. The lowest BCUT2D eigenvalue weighted by molar-refractivity contribution is 0.0428. The van der Waals surface area contributed by atoms with Crippen molar-refractivity contribution in [2.45, 2.75) is 5.92 Å². The second-order valence-corrected chi connectivity index (χ2v) is 5.43. The summed E-state index contributed by atoms with van der Waals surface area (Å²) in [4.78, 5) is 4.23. The summed E-state index contributed by atoms with van der Waals surface area (Å²) >= 11 is 0. The number of benzene rings is 2. The van der Waals surface area contributed by atoms with Gasteiger partial charge >= 0.3 is 0 Å². The van der Waals surface area contributed by atoms with E-state index >= 15 is 0 Å². The highest BCUT2D eigenvalue weighted by atomic mass is 19.3. The second kappa shape index (κ2) is 6.89. The van der Waals surface area contributed by atoms with E-state index in [1.54, 1.807) is 24.4 Å². The van der Waals surface area contributed by atoms with Gasteiger partial charge in [0.2, 0.25) is 0 Å². The smallest absolute Gasteiger partial charge is 0.298 e. The molecule has 0 aliphatic carbocycles. The van der Waals surface area contributed by atoms with Crippen molar-refractivity contribution >= 4 is 0 Å². The molecule has 0 saturated carbocycles. The van der Waals surface area contributed by atoms with E-state index in [-0.39, 0.29) is 11.1 Å². The number of nitrogens with zero attached hydrogens (tertiary/aromatic N) is 1. The molecular formula is C20H17F2NO2. The maximum atomic E-state index is 15.0. The molecule has 0 N–H and O–H groups in total. The molecule has 0 bridgehead atoms. The summed E-state index contributed by atoms with van der Waals surface area (Å²) in [6, 6.07) is 15.4. The van der Waals surface area contributed by atoms with Gasteiger partial charge in [-0.3, -0.25) is 4.98 Å². The van der Waals surface area contributed by atoms with E-state index in [0.29, 0.717) is 22.8 Å². The minimum absolute atomic E-state index is 0.106. The molecule has 1 aromatic heterocycles. The van der Waals surface area contributed by atoms with Crippen LogP contribution in [0.5, 0.6) is 11.5 Å². The van der Waals surface area contributed by atoms with Gasteiger partial charge in [0.25, 0.3) is 5.92 Å². The molecule has 3 aromatic rings. The largest absolute Gasteiger partial charge is 0.497 e. The molecule has 0 fully saturated rings. The lowest BCUT2D eigenvalue weighted by Gasteiger charge is -2.19. The zero-order chi connectivity index (χ0) is 17.9. The average Bonchev–Trinajstić information content (AvgIpc) is 2.68. The van der Waals surface area contributed by atoms with Crippen molar-refractivity contribution in [3.8, 4) is 22.8 Å². The number of pyridine rings is 1. The van der Waals surface area contributed by atoms with Gasteiger partial charge in [-0.1, -0.05) is 6.07 Å². The van der Waals surface area contributed by atoms with Crippen LogP contribution in [-0.4, -0.2) is 19.2 Å². The Morgan fingerprint density at radius 3 is 2.16 bits per heavy atom.